The maximum atomic E-state index is 5.50. The van der Waals surface area contributed by atoms with Crippen LogP contribution >= 0.6 is 0 Å². The Bertz CT molecular complexity index is 131. The zero-order valence-electron chi connectivity index (χ0n) is 7.55. The highest BCUT2D eigenvalue weighted by molar-refractivity contribution is 4.81. The van der Waals surface area contributed by atoms with E-state index in [4.69, 9.17) is 4.74 Å². The summed E-state index contributed by atoms with van der Waals surface area (Å²) in [7, 11) is 0. The number of hydrogen-bond acceptors (Lipinski definition) is 1. The molecule has 1 nitrogen and oxygen atoms in total. The molecule has 0 aromatic carbocycles. The fourth-order valence-electron chi connectivity index (χ4n) is 1.93. The van der Waals surface area contributed by atoms with Crippen LogP contribution in [0.2, 0.25) is 0 Å². The van der Waals surface area contributed by atoms with Gasteiger partial charge in [0.15, 0.2) is 0 Å². The summed E-state index contributed by atoms with van der Waals surface area (Å²) in [6.07, 6.45) is 4.83. The van der Waals surface area contributed by atoms with E-state index in [2.05, 4.69) is 20.4 Å². The van der Waals surface area contributed by atoms with Gasteiger partial charge in [-0.2, -0.15) is 0 Å². The third-order valence-corrected chi connectivity index (χ3v) is 2.70. The standard InChI is InChI=1S/C10H18O/c1-4-5-8(2)10-6-7-11-9(10)3/h4,8-10H,1,5-7H2,2-3H3/t8?,9-,10-/m0/s1. The Morgan fingerprint density at radius 1 is 1.73 bits per heavy atom. The average Bonchev–Trinajstić information content (AvgIpc) is 2.36. The highest BCUT2D eigenvalue weighted by atomic mass is 16.5. The van der Waals surface area contributed by atoms with E-state index in [1.54, 1.807) is 0 Å². The Balaban J connectivity index is 2.38. The molecule has 1 fully saturated rings. The minimum atomic E-state index is 0.463. The second kappa shape index (κ2) is 3.91. The predicted molar refractivity (Wildman–Crippen MR) is 47.5 cm³/mol. The first-order valence-corrected chi connectivity index (χ1v) is 4.48. The summed E-state index contributed by atoms with van der Waals surface area (Å²) in [6.45, 7) is 9.18. The summed E-state index contributed by atoms with van der Waals surface area (Å²) < 4.78 is 5.50. The van der Waals surface area contributed by atoms with Gasteiger partial charge in [0, 0.05) is 6.61 Å². The Kier molecular flexibility index (Phi) is 3.13. The van der Waals surface area contributed by atoms with E-state index in [-0.39, 0.29) is 0 Å². The van der Waals surface area contributed by atoms with E-state index in [0.29, 0.717) is 6.10 Å². The molecule has 1 heterocycles. The highest BCUT2D eigenvalue weighted by Crippen LogP contribution is 2.29. The van der Waals surface area contributed by atoms with Crippen LogP contribution < -0.4 is 0 Å². The largest absolute Gasteiger partial charge is 0.378 e. The monoisotopic (exact) mass is 154 g/mol. The SMILES string of the molecule is C=CCC(C)[C@@H]1CCO[C@H]1C. The molecule has 0 amide bonds. The molecule has 0 radical (unpaired) electrons. The van der Waals surface area contributed by atoms with E-state index in [0.717, 1.165) is 24.9 Å². The van der Waals surface area contributed by atoms with Crippen LogP contribution in [0.3, 0.4) is 0 Å². The van der Waals surface area contributed by atoms with Crippen LogP contribution in [0.1, 0.15) is 26.7 Å². The average molecular weight is 154 g/mol. The second-order valence-electron chi connectivity index (χ2n) is 3.53. The first-order valence-electron chi connectivity index (χ1n) is 4.48. The van der Waals surface area contributed by atoms with Crippen molar-refractivity contribution < 1.29 is 4.74 Å². The highest BCUT2D eigenvalue weighted by Gasteiger charge is 2.28. The summed E-state index contributed by atoms with van der Waals surface area (Å²) in [5, 5.41) is 0. The molecule has 1 saturated heterocycles. The molecule has 1 aliphatic rings. The van der Waals surface area contributed by atoms with Crippen LogP contribution in [-0.4, -0.2) is 12.7 Å². The van der Waals surface area contributed by atoms with Crippen molar-refractivity contribution in [1.82, 2.24) is 0 Å². The van der Waals surface area contributed by atoms with Crippen LogP contribution in [0.25, 0.3) is 0 Å². The molecule has 0 aromatic rings. The molecule has 1 heteroatoms. The lowest BCUT2D eigenvalue weighted by Crippen LogP contribution is -2.18. The molecule has 1 aliphatic heterocycles. The van der Waals surface area contributed by atoms with Crippen molar-refractivity contribution in [2.24, 2.45) is 11.8 Å². The Labute approximate surface area is 69.4 Å². The molecule has 1 unspecified atom stereocenters. The van der Waals surface area contributed by atoms with Crippen LogP contribution in [0, 0.1) is 11.8 Å². The predicted octanol–water partition coefficient (Wildman–Crippen LogP) is 2.62. The third kappa shape index (κ3) is 2.06. The fourth-order valence-corrected chi connectivity index (χ4v) is 1.93. The molecule has 0 N–H and O–H groups in total. The Morgan fingerprint density at radius 3 is 2.91 bits per heavy atom. The number of rotatable bonds is 3. The first kappa shape index (κ1) is 8.79. The van der Waals surface area contributed by atoms with Crippen LogP contribution in [0.4, 0.5) is 0 Å². The summed E-state index contributed by atoms with van der Waals surface area (Å²) in [6, 6.07) is 0. The van der Waals surface area contributed by atoms with Gasteiger partial charge >= 0.3 is 0 Å². The molecule has 1 rings (SSSR count). The van der Waals surface area contributed by atoms with Crippen molar-refractivity contribution in [3.63, 3.8) is 0 Å². The van der Waals surface area contributed by atoms with E-state index in [9.17, 15) is 0 Å². The molecule has 0 aromatic heterocycles. The van der Waals surface area contributed by atoms with E-state index in [1.165, 1.54) is 6.42 Å². The third-order valence-electron chi connectivity index (χ3n) is 2.70. The van der Waals surface area contributed by atoms with Crippen LogP contribution in [-0.2, 0) is 4.74 Å². The quantitative estimate of drug-likeness (QED) is 0.568. The summed E-state index contributed by atoms with van der Waals surface area (Å²) in [4.78, 5) is 0. The van der Waals surface area contributed by atoms with Gasteiger partial charge in [0.1, 0.15) is 0 Å². The van der Waals surface area contributed by atoms with E-state index >= 15 is 0 Å². The van der Waals surface area contributed by atoms with Gasteiger partial charge in [0.05, 0.1) is 6.10 Å². The molecule has 0 saturated carbocycles. The molecular formula is C10H18O. The molecular weight excluding hydrogens is 136 g/mol. The minimum Gasteiger partial charge on any atom is -0.378 e. The van der Waals surface area contributed by atoms with Crippen molar-refractivity contribution in [2.75, 3.05) is 6.61 Å². The minimum absolute atomic E-state index is 0.463. The molecule has 0 bridgehead atoms. The number of hydrogen-bond donors (Lipinski definition) is 0. The topological polar surface area (TPSA) is 9.23 Å². The zero-order chi connectivity index (χ0) is 8.27. The van der Waals surface area contributed by atoms with Crippen molar-refractivity contribution in [3.05, 3.63) is 12.7 Å². The number of allylic oxidation sites excluding steroid dienone is 1. The van der Waals surface area contributed by atoms with Crippen LogP contribution in [0.5, 0.6) is 0 Å². The van der Waals surface area contributed by atoms with Crippen molar-refractivity contribution >= 4 is 0 Å². The zero-order valence-corrected chi connectivity index (χ0v) is 7.55. The second-order valence-corrected chi connectivity index (χ2v) is 3.53. The summed E-state index contributed by atoms with van der Waals surface area (Å²) in [5.41, 5.74) is 0. The lowest BCUT2D eigenvalue weighted by molar-refractivity contribution is 0.0926. The van der Waals surface area contributed by atoms with Crippen molar-refractivity contribution in [1.29, 1.82) is 0 Å². The molecule has 11 heavy (non-hydrogen) atoms. The summed E-state index contributed by atoms with van der Waals surface area (Å²) in [5.74, 6) is 1.50. The van der Waals surface area contributed by atoms with Gasteiger partial charge in [-0.15, -0.1) is 6.58 Å². The van der Waals surface area contributed by atoms with Gasteiger partial charge < -0.3 is 4.74 Å². The fraction of sp³-hybridized carbons (Fsp3) is 0.800. The molecule has 0 aliphatic carbocycles. The van der Waals surface area contributed by atoms with Crippen molar-refractivity contribution in [3.8, 4) is 0 Å². The van der Waals surface area contributed by atoms with Gasteiger partial charge in [-0.3, -0.25) is 0 Å². The molecule has 0 spiro atoms. The Morgan fingerprint density at radius 2 is 2.45 bits per heavy atom. The van der Waals surface area contributed by atoms with Gasteiger partial charge in [-0.1, -0.05) is 13.0 Å². The van der Waals surface area contributed by atoms with E-state index in [1.807, 2.05) is 6.08 Å². The lowest BCUT2D eigenvalue weighted by atomic mass is 9.86. The maximum absolute atomic E-state index is 5.50. The smallest absolute Gasteiger partial charge is 0.0578 e. The van der Waals surface area contributed by atoms with E-state index < -0.39 is 0 Å². The first-order chi connectivity index (χ1) is 5.25. The van der Waals surface area contributed by atoms with Crippen LogP contribution in [0.15, 0.2) is 12.7 Å². The Hall–Kier alpha value is -0.300. The van der Waals surface area contributed by atoms with Gasteiger partial charge in [-0.05, 0) is 31.6 Å². The lowest BCUT2D eigenvalue weighted by Gasteiger charge is -2.20. The maximum Gasteiger partial charge on any atom is 0.0578 e. The van der Waals surface area contributed by atoms with Gasteiger partial charge in [0.2, 0.25) is 0 Å². The number of ether oxygens (including phenoxy) is 1. The van der Waals surface area contributed by atoms with Gasteiger partial charge in [0.25, 0.3) is 0 Å². The normalized spacial score (nSPS) is 33.6. The summed E-state index contributed by atoms with van der Waals surface area (Å²) >= 11 is 0. The molecule has 3 atom stereocenters. The molecule has 64 valence electrons. The van der Waals surface area contributed by atoms with Gasteiger partial charge in [-0.25, -0.2) is 0 Å². The van der Waals surface area contributed by atoms with Crippen molar-refractivity contribution in [2.45, 2.75) is 32.8 Å².